The predicted octanol–water partition coefficient (Wildman–Crippen LogP) is 2.80. The summed E-state index contributed by atoms with van der Waals surface area (Å²) in [6, 6.07) is 2.51. The summed E-state index contributed by atoms with van der Waals surface area (Å²) in [6.45, 7) is 4.13. The van der Waals surface area contributed by atoms with Gasteiger partial charge in [0.1, 0.15) is 23.7 Å². The third-order valence-electron chi connectivity index (χ3n) is 5.64. The molecule has 2 N–H and O–H groups in total. The van der Waals surface area contributed by atoms with E-state index >= 15 is 0 Å². The Hall–Kier alpha value is -3.10. The molecule has 3 rings (SSSR count). The molecule has 0 saturated heterocycles. The summed E-state index contributed by atoms with van der Waals surface area (Å²) < 4.78 is 24.9. The molecule has 3 atom stereocenters. The van der Waals surface area contributed by atoms with Crippen LogP contribution < -0.4 is 10.1 Å². The Bertz CT molecular complexity index is 916. The van der Waals surface area contributed by atoms with Gasteiger partial charge in [0.2, 0.25) is 0 Å². The number of amides is 2. The summed E-state index contributed by atoms with van der Waals surface area (Å²) in [7, 11) is 2.75. The first-order valence-corrected chi connectivity index (χ1v) is 9.91. The zero-order chi connectivity index (χ0) is 21.8. The summed E-state index contributed by atoms with van der Waals surface area (Å²) >= 11 is 0. The molecule has 9 heteroatoms. The lowest BCUT2D eigenvalue weighted by molar-refractivity contribution is -0.144. The van der Waals surface area contributed by atoms with Gasteiger partial charge in [0.25, 0.3) is 0 Å². The zero-order valence-electron chi connectivity index (χ0n) is 17.6. The highest BCUT2D eigenvalue weighted by atomic mass is 19.1. The minimum absolute atomic E-state index is 0.122. The molecule has 0 aliphatic carbocycles. The van der Waals surface area contributed by atoms with Crippen molar-refractivity contribution in [1.82, 2.24) is 20.2 Å². The number of hydrogen-bond acceptors (Lipinski definition) is 5. The van der Waals surface area contributed by atoms with Crippen LogP contribution in [0, 0.1) is 11.7 Å². The molecule has 0 bridgehead atoms. The maximum absolute atomic E-state index is 14.9. The SMILES string of the molecule is CC[C@@H](C)[C@H](NC(=O)N1CCc2[nH]cnc2[C@H]1c1ccc(OC)cc1F)C(=O)OC. The lowest BCUT2D eigenvalue weighted by atomic mass is 9.95. The number of carbonyl (C=O) groups is 2. The maximum Gasteiger partial charge on any atom is 0.328 e. The fraction of sp³-hybridized carbons (Fsp3) is 0.476. The highest BCUT2D eigenvalue weighted by molar-refractivity contribution is 5.84. The van der Waals surface area contributed by atoms with Crippen molar-refractivity contribution in [2.45, 2.75) is 38.8 Å². The monoisotopic (exact) mass is 418 g/mol. The molecule has 8 nitrogen and oxygen atoms in total. The largest absolute Gasteiger partial charge is 0.497 e. The second kappa shape index (κ2) is 9.15. The van der Waals surface area contributed by atoms with Gasteiger partial charge in [-0.1, -0.05) is 20.3 Å². The number of nitrogens with zero attached hydrogens (tertiary/aromatic N) is 2. The normalized spacial score (nSPS) is 17.6. The van der Waals surface area contributed by atoms with Gasteiger partial charge >= 0.3 is 12.0 Å². The fourth-order valence-electron chi connectivity index (χ4n) is 3.68. The molecule has 0 spiro atoms. The van der Waals surface area contributed by atoms with E-state index in [9.17, 15) is 14.0 Å². The number of ether oxygens (including phenoxy) is 2. The Morgan fingerprint density at radius 1 is 1.40 bits per heavy atom. The average molecular weight is 418 g/mol. The van der Waals surface area contributed by atoms with E-state index in [-0.39, 0.29) is 5.92 Å². The van der Waals surface area contributed by atoms with Crippen LogP contribution in [0.25, 0.3) is 0 Å². The third kappa shape index (κ3) is 4.10. The van der Waals surface area contributed by atoms with E-state index in [1.54, 1.807) is 12.1 Å². The number of urea groups is 1. The van der Waals surface area contributed by atoms with Crippen molar-refractivity contribution in [3.8, 4) is 5.75 Å². The van der Waals surface area contributed by atoms with Crippen molar-refractivity contribution in [1.29, 1.82) is 0 Å². The summed E-state index contributed by atoms with van der Waals surface area (Å²) in [6.07, 6.45) is 2.76. The van der Waals surface area contributed by atoms with Crippen LogP contribution in [0.3, 0.4) is 0 Å². The molecule has 2 aromatic rings. The number of hydrogen-bond donors (Lipinski definition) is 2. The van der Waals surface area contributed by atoms with E-state index < -0.39 is 29.9 Å². The molecule has 162 valence electrons. The molecule has 0 unspecified atom stereocenters. The Labute approximate surface area is 174 Å². The molecule has 2 heterocycles. The van der Waals surface area contributed by atoms with E-state index in [0.29, 0.717) is 36.4 Å². The van der Waals surface area contributed by atoms with Crippen LogP contribution in [0.15, 0.2) is 24.5 Å². The number of carbonyl (C=O) groups excluding carboxylic acids is 2. The van der Waals surface area contributed by atoms with Crippen LogP contribution in [-0.2, 0) is 16.0 Å². The first kappa shape index (κ1) is 21.6. The number of esters is 1. The maximum atomic E-state index is 14.9. The van der Waals surface area contributed by atoms with E-state index in [1.807, 2.05) is 13.8 Å². The van der Waals surface area contributed by atoms with Crippen molar-refractivity contribution in [2.24, 2.45) is 5.92 Å². The number of halogens is 1. The van der Waals surface area contributed by atoms with Crippen LogP contribution >= 0.6 is 0 Å². The average Bonchev–Trinajstić information content (AvgIpc) is 3.24. The number of H-pyrrole nitrogens is 1. The number of imidazole rings is 1. The molecule has 2 amide bonds. The Morgan fingerprint density at radius 3 is 2.80 bits per heavy atom. The number of fused-ring (bicyclic) bond motifs is 1. The number of aromatic nitrogens is 2. The van der Waals surface area contributed by atoms with Crippen LogP contribution in [0.1, 0.15) is 43.3 Å². The highest BCUT2D eigenvalue weighted by Crippen LogP contribution is 2.35. The fourth-order valence-corrected chi connectivity index (χ4v) is 3.68. The molecule has 1 aromatic heterocycles. The number of nitrogens with one attached hydrogen (secondary N) is 2. The molecule has 0 saturated carbocycles. The number of benzene rings is 1. The molecule has 30 heavy (non-hydrogen) atoms. The van der Waals surface area contributed by atoms with Crippen molar-refractivity contribution >= 4 is 12.0 Å². The lowest BCUT2D eigenvalue weighted by Gasteiger charge is -2.36. The third-order valence-corrected chi connectivity index (χ3v) is 5.64. The van der Waals surface area contributed by atoms with Crippen LogP contribution in [0.4, 0.5) is 9.18 Å². The van der Waals surface area contributed by atoms with Gasteiger partial charge in [-0.3, -0.25) is 0 Å². The van der Waals surface area contributed by atoms with Gasteiger partial charge in [-0.25, -0.2) is 19.0 Å². The standard InChI is InChI=1S/C21H27FN4O4/c1-5-12(2)17(20(27)30-4)25-21(28)26-9-8-16-18(24-11-23-16)19(26)14-7-6-13(29-3)10-15(14)22/h6-7,10-12,17,19H,5,8-9H2,1-4H3,(H,23,24)(H,25,28)/t12-,17+,19-/m1/s1. The second-order valence-electron chi connectivity index (χ2n) is 7.34. The zero-order valence-corrected chi connectivity index (χ0v) is 17.6. The molecule has 1 aliphatic heterocycles. The van der Waals surface area contributed by atoms with E-state index in [4.69, 9.17) is 9.47 Å². The molecule has 0 fully saturated rings. The molecule has 1 aliphatic rings. The van der Waals surface area contributed by atoms with E-state index in [2.05, 4.69) is 15.3 Å². The molecule has 1 aromatic carbocycles. The van der Waals surface area contributed by atoms with Gasteiger partial charge < -0.3 is 24.7 Å². The van der Waals surface area contributed by atoms with Gasteiger partial charge in [-0.2, -0.15) is 0 Å². The number of aromatic amines is 1. The quantitative estimate of drug-likeness (QED) is 0.704. The smallest absolute Gasteiger partial charge is 0.328 e. The van der Waals surface area contributed by atoms with Crippen molar-refractivity contribution < 1.29 is 23.5 Å². The predicted molar refractivity (Wildman–Crippen MR) is 108 cm³/mol. The van der Waals surface area contributed by atoms with Gasteiger partial charge in [0, 0.05) is 30.3 Å². The second-order valence-corrected chi connectivity index (χ2v) is 7.34. The van der Waals surface area contributed by atoms with Crippen molar-refractivity contribution in [3.63, 3.8) is 0 Å². The van der Waals surface area contributed by atoms with Gasteiger partial charge in [0.05, 0.1) is 26.2 Å². The summed E-state index contributed by atoms with van der Waals surface area (Å²) in [4.78, 5) is 34.4. The first-order valence-electron chi connectivity index (χ1n) is 9.91. The van der Waals surface area contributed by atoms with Crippen molar-refractivity contribution in [2.75, 3.05) is 20.8 Å². The topological polar surface area (TPSA) is 96.5 Å². The summed E-state index contributed by atoms with van der Waals surface area (Å²) in [5.74, 6) is -0.752. The van der Waals surface area contributed by atoms with Gasteiger partial charge in [0.15, 0.2) is 0 Å². The van der Waals surface area contributed by atoms with Crippen molar-refractivity contribution in [3.05, 3.63) is 47.3 Å². The highest BCUT2D eigenvalue weighted by Gasteiger charge is 2.38. The Morgan fingerprint density at radius 2 is 2.17 bits per heavy atom. The molecular weight excluding hydrogens is 391 g/mol. The minimum atomic E-state index is -0.797. The summed E-state index contributed by atoms with van der Waals surface area (Å²) in [5, 5.41) is 2.78. The van der Waals surface area contributed by atoms with Crippen LogP contribution in [0.5, 0.6) is 5.75 Å². The lowest BCUT2D eigenvalue weighted by Crippen LogP contribution is -2.53. The Kier molecular flexibility index (Phi) is 6.59. The van der Waals surface area contributed by atoms with Crippen LogP contribution in [-0.4, -0.2) is 53.7 Å². The van der Waals surface area contributed by atoms with Crippen LogP contribution in [0.2, 0.25) is 0 Å². The first-order chi connectivity index (χ1) is 14.4. The molecular formula is C21H27FN4O4. The molecule has 0 radical (unpaired) electrons. The van der Waals surface area contributed by atoms with E-state index in [0.717, 1.165) is 5.69 Å². The van der Waals surface area contributed by atoms with Gasteiger partial charge in [-0.15, -0.1) is 0 Å². The number of rotatable bonds is 6. The van der Waals surface area contributed by atoms with Gasteiger partial charge in [-0.05, 0) is 18.1 Å². The van der Waals surface area contributed by atoms with E-state index in [1.165, 1.54) is 31.5 Å². The Balaban J connectivity index is 1.96. The minimum Gasteiger partial charge on any atom is -0.497 e. The summed E-state index contributed by atoms with van der Waals surface area (Å²) in [5.41, 5.74) is 1.74. The number of methoxy groups -OCH3 is 2.